The van der Waals surface area contributed by atoms with Crippen molar-refractivity contribution in [2.45, 2.75) is 71.1 Å². The van der Waals surface area contributed by atoms with Crippen LogP contribution >= 0.6 is 0 Å². The maximum atomic E-state index is 10.3. The normalized spacial score (nSPS) is 12.7. The quantitative estimate of drug-likeness (QED) is 0.265. The molecule has 0 saturated heterocycles. The molecule has 0 fully saturated rings. The Morgan fingerprint density at radius 3 is 1.58 bits per heavy atom. The number of allylic oxidation sites excluding steroid dienone is 10. The van der Waals surface area contributed by atoms with E-state index >= 15 is 0 Å². The highest BCUT2D eigenvalue weighted by Crippen LogP contribution is 2.04. The maximum absolute atomic E-state index is 10.3. The minimum atomic E-state index is -0.690. The average molecular weight is 331 g/mol. The van der Waals surface area contributed by atoms with E-state index in [9.17, 15) is 4.79 Å². The van der Waals surface area contributed by atoms with Crippen LogP contribution in [0.25, 0.3) is 0 Å². The lowest BCUT2D eigenvalue weighted by molar-refractivity contribution is -0.137. The van der Waals surface area contributed by atoms with Crippen LogP contribution in [0.4, 0.5) is 0 Å². The number of unbranched alkanes of at least 4 members (excludes halogenated alkanes) is 3. The standard InChI is InChI=1S/C22H34O2/c1-2-3-4-5-6-7-8-9-10-11-12-13-14-15-16-17-18-19-20-21-22(23)24/h3-4,6-7,9-10,12-13,15-16H,2,5,8,11,14,17-21H2,1H3,(H,23,24)/b4-3-,7-6+,10-9-,13-12-,16-15-. The highest BCUT2D eigenvalue weighted by atomic mass is 16.4. The summed E-state index contributed by atoms with van der Waals surface area (Å²) < 4.78 is 0. The zero-order chi connectivity index (χ0) is 17.7. The molecular formula is C22H34O2. The van der Waals surface area contributed by atoms with Crippen molar-refractivity contribution in [3.63, 3.8) is 0 Å². The smallest absolute Gasteiger partial charge is 0.303 e. The molecule has 2 nitrogen and oxygen atoms in total. The van der Waals surface area contributed by atoms with Gasteiger partial charge in [-0.25, -0.2) is 0 Å². The zero-order valence-electron chi connectivity index (χ0n) is 15.2. The molecule has 0 rings (SSSR count). The maximum Gasteiger partial charge on any atom is 0.303 e. The van der Waals surface area contributed by atoms with Crippen LogP contribution in [0.2, 0.25) is 0 Å². The summed E-state index contributed by atoms with van der Waals surface area (Å²) >= 11 is 0. The molecule has 0 radical (unpaired) electrons. The monoisotopic (exact) mass is 330 g/mol. The Kier molecular flexibility index (Phi) is 17.8. The number of hydrogen-bond donors (Lipinski definition) is 1. The molecule has 0 heterocycles. The van der Waals surface area contributed by atoms with E-state index in [0.717, 1.165) is 57.8 Å². The predicted molar refractivity (Wildman–Crippen MR) is 105 cm³/mol. The largest absolute Gasteiger partial charge is 0.481 e. The molecule has 0 aliphatic carbocycles. The summed E-state index contributed by atoms with van der Waals surface area (Å²) in [5.74, 6) is -0.690. The van der Waals surface area contributed by atoms with E-state index in [4.69, 9.17) is 5.11 Å². The third-order valence-corrected chi connectivity index (χ3v) is 3.42. The fourth-order valence-electron chi connectivity index (χ4n) is 2.08. The van der Waals surface area contributed by atoms with Gasteiger partial charge in [0.05, 0.1) is 0 Å². The van der Waals surface area contributed by atoms with Crippen molar-refractivity contribution < 1.29 is 9.90 Å². The Morgan fingerprint density at radius 1 is 0.667 bits per heavy atom. The number of rotatable bonds is 15. The van der Waals surface area contributed by atoms with Crippen LogP contribution < -0.4 is 0 Å². The zero-order valence-corrected chi connectivity index (χ0v) is 15.2. The summed E-state index contributed by atoms with van der Waals surface area (Å²) in [6.07, 6.45) is 31.3. The van der Waals surface area contributed by atoms with Crippen LogP contribution in [0, 0.1) is 0 Å². The van der Waals surface area contributed by atoms with Gasteiger partial charge >= 0.3 is 5.97 Å². The van der Waals surface area contributed by atoms with Gasteiger partial charge in [-0.1, -0.05) is 74.1 Å². The second-order valence-corrected chi connectivity index (χ2v) is 5.70. The van der Waals surface area contributed by atoms with Gasteiger partial charge in [-0.05, 0) is 51.4 Å². The first-order valence-electron chi connectivity index (χ1n) is 9.24. The first-order valence-corrected chi connectivity index (χ1v) is 9.24. The van der Waals surface area contributed by atoms with Crippen LogP contribution in [0.15, 0.2) is 60.8 Å². The Morgan fingerprint density at radius 2 is 1.12 bits per heavy atom. The molecule has 1 N–H and O–H groups in total. The first-order chi connectivity index (χ1) is 11.8. The van der Waals surface area contributed by atoms with Crippen LogP contribution in [-0.4, -0.2) is 11.1 Å². The second-order valence-electron chi connectivity index (χ2n) is 5.70. The SMILES string of the molecule is CC/C=C\C/C=C/C/C=C\C/C=C\C/C=C\CCCCCC(=O)O. The van der Waals surface area contributed by atoms with Crippen molar-refractivity contribution in [1.82, 2.24) is 0 Å². The van der Waals surface area contributed by atoms with Gasteiger partial charge in [0.1, 0.15) is 0 Å². The molecule has 0 aliphatic heterocycles. The third-order valence-electron chi connectivity index (χ3n) is 3.42. The van der Waals surface area contributed by atoms with Gasteiger partial charge in [-0.15, -0.1) is 0 Å². The Bertz CT molecular complexity index is 425. The third kappa shape index (κ3) is 20.2. The molecule has 0 aliphatic rings. The van der Waals surface area contributed by atoms with Crippen LogP contribution in [0.1, 0.15) is 71.1 Å². The minimum absolute atomic E-state index is 0.297. The molecule has 0 spiro atoms. The lowest BCUT2D eigenvalue weighted by Gasteiger charge is -1.94. The summed E-state index contributed by atoms with van der Waals surface area (Å²) in [5, 5.41) is 8.52. The molecule has 0 aromatic rings. The molecule has 0 bridgehead atoms. The molecule has 0 saturated carbocycles. The Balaban J connectivity index is 3.42. The van der Waals surface area contributed by atoms with E-state index in [-0.39, 0.29) is 0 Å². The lowest BCUT2D eigenvalue weighted by atomic mass is 10.1. The van der Waals surface area contributed by atoms with Crippen molar-refractivity contribution in [3.8, 4) is 0 Å². The lowest BCUT2D eigenvalue weighted by Crippen LogP contribution is -1.93. The molecule has 24 heavy (non-hydrogen) atoms. The first kappa shape index (κ1) is 22.2. The Labute approximate surface area is 148 Å². The van der Waals surface area contributed by atoms with Gasteiger partial charge in [-0.2, -0.15) is 0 Å². The molecule has 0 amide bonds. The summed E-state index contributed by atoms with van der Waals surface area (Å²) in [6.45, 7) is 2.15. The average Bonchev–Trinajstić information content (AvgIpc) is 2.56. The van der Waals surface area contributed by atoms with E-state index in [1.54, 1.807) is 0 Å². The van der Waals surface area contributed by atoms with E-state index in [1.165, 1.54) is 0 Å². The van der Waals surface area contributed by atoms with Gasteiger partial charge in [0.15, 0.2) is 0 Å². The summed E-state index contributed by atoms with van der Waals surface area (Å²) in [7, 11) is 0. The minimum Gasteiger partial charge on any atom is -0.481 e. The van der Waals surface area contributed by atoms with Gasteiger partial charge in [0.25, 0.3) is 0 Å². The van der Waals surface area contributed by atoms with E-state index in [0.29, 0.717) is 6.42 Å². The van der Waals surface area contributed by atoms with Crippen LogP contribution in [-0.2, 0) is 4.79 Å². The number of carboxylic acids is 1. The Hall–Kier alpha value is -1.83. The van der Waals surface area contributed by atoms with Gasteiger partial charge in [0.2, 0.25) is 0 Å². The van der Waals surface area contributed by atoms with Crippen molar-refractivity contribution in [3.05, 3.63) is 60.8 Å². The van der Waals surface area contributed by atoms with Gasteiger partial charge in [-0.3, -0.25) is 4.79 Å². The van der Waals surface area contributed by atoms with E-state index < -0.39 is 5.97 Å². The highest BCUT2D eigenvalue weighted by molar-refractivity contribution is 5.66. The molecule has 134 valence electrons. The summed E-state index contributed by atoms with van der Waals surface area (Å²) in [5.41, 5.74) is 0. The molecule has 0 aromatic carbocycles. The van der Waals surface area contributed by atoms with Crippen LogP contribution in [0.5, 0.6) is 0 Å². The molecule has 0 aromatic heterocycles. The second kappa shape index (κ2) is 19.2. The topological polar surface area (TPSA) is 37.3 Å². The predicted octanol–water partition coefficient (Wildman–Crippen LogP) is 6.77. The van der Waals surface area contributed by atoms with Crippen molar-refractivity contribution in [2.75, 3.05) is 0 Å². The van der Waals surface area contributed by atoms with Gasteiger partial charge in [0, 0.05) is 6.42 Å². The fourth-order valence-corrected chi connectivity index (χ4v) is 2.08. The summed E-state index contributed by atoms with van der Waals surface area (Å²) in [4.78, 5) is 10.3. The molecule has 2 heteroatoms. The number of carboxylic acid groups (broad SMARTS) is 1. The van der Waals surface area contributed by atoms with Gasteiger partial charge < -0.3 is 5.11 Å². The number of carbonyl (C=O) groups is 1. The number of aliphatic carboxylic acids is 1. The number of hydrogen-bond acceptors (Lipinski definition) is 1. The van der Waals surface area contributed by atoms with E-state index in [1.807, 2.05) is 0 Å². The molecular weight excluding hydrogens is 296 g/mol. The highest BCUT2D eigenvalue weighted by Gasteiger charge is 1.94. The van der Waals surface area contributed by atoms with Crippen molar-refractivity contribution in [1.29, 1.82) is 0 Å². The van der Waals surface area contributed by atoms with Crippen LogP contribution in [0.3, 0.4) is 0 Å². The fraction of sp³-hybridized carbons (Fsp3) is 0.500. The molecule has 0 atom stereocenters. The molecule has 0 unspecified atom stereocenters. The van der Waals surface area contributed by atoms with Crippen molar-refractivity contribution >= 4 is 5.97 Å². The van der Waals surface area contributed by atoms with Crippen molar-refractivity contribution in [2.24, 2.45) is 0 Å². The van der Waals surface area contributed by atoms with E-state index in [2.05, 4.69) is 67.7 Å². The summed E-state index contributed by atoms with van der Waals surface area (Å²) in [6, 6.07) is 0.